The summed E-state index contributed by atoms with van der Waals surface area (Å²) < 4.78 is 24.4. The highest BCUT2D eigenvalue weighted by atomic mass is 16.5. The molecule has 1 unspecified atom stereocenters. The van der Waals surface area contributed by atoms with E-state index in [2.05, 4.69) is 86.7 Å². The average molecular weight is 569 g/mol. The van der Waals surface area contributed by atoms with Crippen molar-refractivity contribution in [2.24, 2.45) is 0 Å². The zero-order chi connectivity index (χ0) is 29.8. The van der Waals surface area contributed by atoms with Crippen LogP contribution in [0.2, 0.25) is 0 Å². The van der Waals surface area contributed by atoms with Gasteiger partial charge in [-0.3, -0.25) is 0 Å². The highest BCUT2D eigenvalue weighted by Gasteiger charge is 2.46. The maximum Gasteiger partial charge on any atom is 0.178 e. The molecule has 4 heteroatoms. The lowest BCUT2D eigenvalue weighted by molar-refractivity contribution is 0.162. The molecule has 7 rings (SSSR count). The quantitative estimate of drug-likeness (QED) is 0.196. The Morgan fingerprint density at radius 2 is 1.28 bits per heavy atom. The van der Waals surface area contributed by atoms with Crippen LogP contribution >= 0.6 is 0 Å². The molecule has 2 aliphatic rings. The Morgan fingerprint density at radius 3 is 1.93 bits per heavy atom. The lowest BCUT2D eigenvalue weighted by Gasteiger charge is -2.39. The Morgan fingerprint density at radius 1 is 0.651 bits per heavy atom. The number of rotatable bonds is 7. The third-order valence-corrected chi connectivity index (χ3v) is 9.65. The molecule has 0 radical (unpaired) electrons. The van der Waals surface area contributed by atoms with Crippen LogP contribution in [-0.2, 0) is 11.0 Å². The van der Waals surface area contributed by atoms with Gasteiger partial charge in [0, 0.05) is 33.6 Å². The van der Waals surface area contributed by atoms with Gasteiger partial charge in [0.25, 0.3) is 0 Å². The molecule has 4 nitrogen and oxygen atoms in total. The van der Waals surface area contributed by atoms with Crippen LogP contribution in [0.1, 0.15) is 54.5 Å². The molecule has 0 aromatic heterocycles. The normalized spacial score (nSPS) is 17.5. The molecule has 0 N–H and O–H groups in total. The molecule has 1 atom stereocenters. The number of methoxy groups -OCH3 is 3. The van der Waals surface area contributed by atoms with Crippen molar-refractivity contribution in [3.8, 4) is 34.1 Å². The molecule has 0 amide bonds. The van der Waals surface area contributed by atoms with Crippen molar-refractivity contribution in [1.82, 2.24) is 0 Å². The van der Waals surface area contributed by atoms with Gasteiger partial charge in [-0.25, -0.2) is 0 Å². The first-order valence-corrected chi connectivity index (χ1v) is 15.0. The maximum absolute atomic E-state index is 7.45. The second-order valence-corrected chi connectivity index (χ2v) is 11.4. The van der Waals surface area contributed by atoms with E-state index < -0.39 is 5.60 Å². The number of hydrogen-bond acceptors (Lipinski definition) is 4. The van der Waals surface area contributed by atoms with Crippen LogP contribution in [0.4, 0.5) is 0 Å². The molecule has 5 aromatic rings. The Balaban J connectivity index is 1.56. The van der Waals surface area contributed by atoms with Crippen LogP contribution in [-0.4, -0.2) is 21.3 Å². The average Bonchev–Trinajstić information content (AvgIpc) is 3.38. The van der Waals surface area contributed by atoms with E-state index >= 15 is 0 Å². The summed E-state index contributed by atoms with van der Waals surface area (Å²) in [5.41, 5.74) is 7.46. The van der Waals surface area contributed by atoms with Crippen LogP contribution in [0.15, 0.2) is 97.1 Å². The summed E-state index contributed by atoms with van der Waals surface area (Å²) >= 11 is 0. The fraction of sp³-hybridized carbons (Fsp3) is 0.231. The molecule has 0 saturated heterocycles. The van der Waals surface area contributed by atoms with Crippen molar-refractivity contribution in [2.75, 3.05) is 21.3 Å². The van der Waals surface area contributed by atoms with Crippen LogP contribution in [0.5, 0.6) is 23.0 Å². The monoisotopic (exact) mass is 568 g/mol. The Labute approximate surface area is 253 Å². The molecule has 5 aromatic carbocycles. The molecular weight excluding hydrogens is 532 g/mol. The topological polar surface area (TPSA) is 36.9 Å². The van der Waals surface area contributed by atoms with E-state index in [1.165, 1.54) is 27.6 Å². The minimum absolute atomic E-state index is 0.104. The van der Waals surface area contributed by atoms with Crippen molar-refractivity contribution in [3.63, 3.8) is 0 Å². The van der Waals surface area contributed by atoms with E-state index in [1.54, 1.807) is 21.3 Å². The largest absolute Gasteiger partial charge is 0.497 e. The Bertz CT molecular complexity index is 1860. The van der Waals surface area contributed by atoms with Crippen LogP contribution in [0.3, 0.4) is 0 Å². The molecule has 0 spiro atoms. The third kappa shape index (κ3) is 3.82. The summed E-state index contributed by atoms with van der Waals surface area (Å²) in [6.07, 6.45) is 6.51. The smallest absolute Gasteiger partial charge is 0.178 e. The standard InChI is InChI=1S/C39H36O4/c1-6-38(7-2)34-15-11-10-14-32(34)35-30-12-8-9-13-31(30)37-33(36(35)38)20-21-39(43-37,25-16-18-27(40-3)19-17-25)26-22-28(41-4)24-29(23-26)42-5/h8-24H,6-7H2,1-5H3. The van der Waals surface area contributed by atoms with Gasteiger partial charge in [0.05, 0.1) is 21.3 Å². The molecule has 1 aliphatic heterocycles. The van der Waals surface area contributed by atoms with E-state index in [1.807, 2.05) is 30.3 Å². The predicted molar refractivity (Wildman–Crippen MR) is 174 cm³/mol. The minimum Gasteiger partial charge on any atom is -0.497 e. The second kappa shape index (κ2) is 10.2. The van der Waals surface area contributed by atoms with Crippen LogP contribution < -0.4 is 18.9 Å². The first-order valence-electron chi connectivity index (χ1n) is 15.0. The number of hydrogen-bond donors (Lipinski definition) is 0. The third-order valence-electron chi connectivity index (χ3n) is 9.65. The summed E-state index contributed by atoms with van der Waals surface area (Å²) in [5.74, 6) is 3.10. The van der Waals surface area contributed by atoms with E-state index in [4.69, 9.17) is 18.9 Å². The second-order valence-electron chi connectivity index (χ2n) is 11.4. The van der Waals surface area contributed by atoms with Crippen molar-refractivity contribution in [2.45, 2.75) is 37.7 Å². The molecular formula is C39H36O4. The highest BCUT2D eigenvalue weighted by molar-refractivity contribution is 6.08. The van der Waals surface area contributed by atoms with E-state index in [0.717, 1.165) is 46.4 Å². The number of fused-ring (bicyclic) bond motifs is 8. The van der Waals surface area contributed by atoms with Crippen molar-refractivity contribution in [1.29, 1.82) is 0 Å². The summed E-state index contributed by atoms with van der Waals surface area (Å²) in [4.78, 5) is 0. The fourth-order valence-electron chi connectivity index (χ4n) is 7.44. The summed E-state index contributed by atoms with van der Waals surface area (Å²) in [6, 6.07) is 31.7. The van der Waals surface area contributed by atoms with Crippen LogP contribution in [0.25, 0.3) is 28.0 Å². The number of benzene rings is 5. The molecule has 216 valence electrons. The zero-order valence-corrected chi connectivity index (χ0v) is 25.4. The SMILES string of the molecule is CCC1(CC)c2ccccc2-c2c1c1c(c3ccccc23)OC(c2ccc(OC)cc2)(c2cc(OC)cc(OC)c2)C=C1. The number of ether oxygens (including phenoxy) is 4. The van der Waals surface area contributed by atoms with Gasteiger partial charge in [-0.2, -0.15) is 0 Å². The van der Waals surface area contributed by atoms with Crippen LogP contribution in [0, 0.1) is 0 Å². The molecule has 43 heavy (non-hydrogen) atoms. The van der Waals surface area contributed by atoms with Gasteiger partial charge in [0.1, 0.15) is 23.0 Å². The predicted octanol–water partition coefficient (Wildman–Crippen LogP) is 9.30. The van der Waals surface area contributed by atoms with Gasteiger partial charge in [-0.1, -0.05) is 80.6 Å². The van der Waals surface area contributed by atoms with Gasteiger partial charge in [-0.05, 0) is 70.8 Å². The lowest BCUT2D eigenvalue weighted by Crippen LogP contribution is -2.35. The van der Waals surface area contributed by atoms with Gasteiger partial charge in [0.2, 0.25) is 0 Å². The molecule has 0 fully saturated rings. The van der Waals surface area contributed by atoms with Crippen molar-refractivity contribution >= 4 is 16.8 Å². The maximum atomic E-state index is 7.45. The molecule has 1 heterocycles. The molecule has 0 saturated carbocycles. The molecule has 0 bridgehead atoms. The fourth-order valence-corrected chi connectivity index (χ4v) is 7.44. The molecule has 1 aliphatic carbocycles. The van der Waals surface area contributed by atoms with Gasteiger partial charge in [0.15, 0.2) is 5.60 Å². The Kier molecular flexibility index (Phi) is 6.46. The highest BCUT2D eigenvalue weighted by Crippen LogP contribution is 2.60. The summed E-state index contributed by atoms with van der Waals surface area (Å²) in [7, 11) is 5.04. The van der Waals surface area contributed by atoms with E-state index in [9.17, 15) is 0 Å². The first kappa shape index (κ1) is 27.2. The zero-order valence-electron chi connectivity index (χ0n) is 25.4. The van der Waals surface area contributed by atoms with Gasteiger partial charge < -0.3 is 18.9 Å². The van der Waals surface area contributed by atoms with E-state index in [0.29, 0.717) is 11.5 Å². The van der Waals surface area contributed by atoms with E-state index in [-0.39, 0.29) is 5.41 Å². The first-order chi connectivity index (χ1) is 21.0. The van der Waals surface area contributed by atoms with Gasteiger partial charge in [-0.15, -0.1) is 0 Å². The van der Waals surface area contributed by atoms with Crippen molar-refractivity contribution < 1.29 is 18.9 Å². The summed E-state index contributed by atoms with van der Waals surface area (Å²) in [5, 5.41) is 2.32. The van der Waals surface area contributed by atoms with Gasteiger partial charge >= 0.3 is 0 Å². The summed E-state index contributed by atoms with van der Waals surface area (Å²) in [6.45, 7) is 4.63. The Hall–Kier alpha value is -4.70. The van der Waals surface area contributed by atoms with Crippen molar-refractivity contribution in [3.05, 3.63) is 125 Å². The lowest BCUT2D eigenvalue weighted by atomic mass is 9.71. The minimum atomic E-state index is -0.940.